The third-order valence-electron chi connectivity index (χ3n) is 4.63. The molecule has 2 unspecified atom stereocenters. The Kier molecular flexibility index (Phi) is 11.4. The van der Waals surface area contributed by atoms with Crippen molar-refractivity contribution in [2.24, 2.45) is 0 Å². The van der Waals surface area contributed by atoms with Crippen LogP contribution in [0.2, 0.25) is 0 Å². The molecule has 3 heteroatoms. The number of ether oxygens (including phenoxy) is 2. The fourth-order valence-electron chi connectivity index (χ4n) is 3.06. The van der Waals surface area contributed by atoms with Crippen LogP contribution in [0.4, 0.5) is 0 Å². The lowest BCUT2D eigenvalue weighted by Crippen LogP contribution is -1.99. The normalized spacial score (nSPS) is 20.1. The van der Waals surface area contributed by atoms with E-state index in [1.165, 1.54) is 77.7 Å². The standard InChI is InChI=1S/C19H36O3/c1-3-4-11-14-17-18(22-17)15-12-9-7-5-6-8-10-13-16-19(20)21-2/h17-18H,3-16H2,1-2H3. The Morgan fingerprint density at radius 3 is 1.86 bits per heavy atom. The first-order chi connectivity index (χ1) is 10.8. The fourth-order valence-corrected chi connectivity index (χ4v) is 3.06. The van der Waals surface area contributed by atoms with E-state index in [1.807, 2.05) is 0 Å². The van der Waals surface area contributed by atoms with E-state index in [9.17, 15) is 4.79 Å². The largest absolute Gasteiger partial charge is 0.469 e. The summed E-state index contributed by atoms with van der Waals surface area (Å²) in [6, 6.07) is 0. The lowest BCUT2D eigenvalue weighted by molar-refractivity contribution is -0.140. The molecule has 0 saturated carbocycles. The zero-order chi connectivity index (χ0) is 16.0. The van der Waals surface area contributed by atoms with E-state index < -0.39 is 0 Å². The van der Waals surface area contributed by atoms with Gasteiger partial charge in [-0.25, -0.2) is 0 Å². The van der Waals surface area contributed by atoms with E-state index in [2.05, 4.69) is 11.7 Å². The van der Waals surface area contributed by atoms with Crippen molar-refractivity contribution in [2.45, 2.75) is 109 Å². The molecule has 0 aliphatic carbocycles. The molecule has 3 nitrogen and oxygen atoms in total. The van der Waals surface area contributed by atoms with Gasteiger partial charge in [-0.05, 0) is 19.3 Å². The number of methoxy groups -OCH3 is 1. The summed E-state index contributed by atoms with van der Waals surface area (Å²) in [6.07, 6.45) is 18.4. The van der Waals surface area contributed by atoms with Gasteiger partial charge < -0.3 is 9.47 Å². The van der Waals surface area contributed by atoms with Gasteiger partial charge in [-0.1, -0.05) is 71.1 Å². The van der Waals surface area contributed by atoms with Crippen molar-refractivity contribution >= 4 is 5.97 Å². The molecule has 1 rings (SSSR count). The van der Waals surface area contributed by atoms with Crippen LogP contribution in [-0.2, 0) is 14.3 Å². The molecule has 0 amide bonds. The number of hydrogen-bond donors (Lipinski definition) is 0. The van der Waals surface area contributed by atoms with E-state index in [1.54, 1.807) is 0 Å². The Labute approximate surface area is 137 Å². The van der Waals surface area contributed by atoms with E-state index >= 15 is 0 Å². The van der Waals surface area contributed by atoms with Crippen LogP contribution in [0.25, 0.3) is 0 Å². The quantitative estimate of drug-likeness (QED) is 0.230. The van der Waals surface area contributed by atoms with Crippen LogP contribution in [-0.4, -0.2) is 25.3 Å². The summed E-state index contributed by atoms with van der Waals surface area (Å²) in [4.78, 5) is 10.9. The Bertz CT molecular complexity index is 278. The molecule has 0 N–H and O–H groups in total. The summed E-state index contributed by atoms with van der Waals surface area (Å²) < 4.78 is 10.4. The molecule has 2 atom stereocenters. The lowest BCUT2D eigenvalue weighted by atomic mass is 10.0. The first-order valence-corrected chi connectivity index (χ1v) is 9.50. The van der Waals surface area contributed by atoms with Crippen LogP contribution in [0.1, 0.15) is 96.8 Å². The third-order valence-corrected chi connectivity index (χ3v) is 4.63. The summed E-state index contributed by atoms with van der Waals surface area (Å²) in [7, 11) is 1.46. The number of rotatable bonds is 15. The van der Waals surface area contributed by atoms with Gasteiger partial charge in [0.15, 0.2) is 0 Å². The van der Waals surface area contributed by atoms with Gasteiger partial charge in [-0.15, -0.1) is 0 Å². The highest BCUT2D eigenvalue weighted by atomic mass is 16.6. The average Bonchev–Trinajstić information content (AvgIpc) is 3.27. The zero-order valence-corrected chi connectivity index (χ0v) is 14.8. The van der Waals surface area contributed by atoms with Gasteiger partial charge in [0, 0.05) is 6.42 Å². The van der Waals surface area contributed by atoms with Crippen molar-refractivity contribution in [1.29, 1.82) is 0 Å². The SMILES string of the molecule is CCCCCC1OC1CCCCCCCCCCC(=O)OC. The maximum atomic E-state index is 10.9. The van der Waals surface area contributed by atoms with Crippen LogP contribution in [0.5, 0.6) is 0 Å². The van der Waals surface area contributed by atoms with E-state index in [4.69, 9.17) is 4.74 Å². The van der Waals surface area contributed by atoms with E-state index in [0.29, 0.717) is 18.6 Å². The van der Waals surface area contributed by atoms with Gasteiger partial charge in [-0.2, -0.15) is 0 Å². The Balaban J connectivity index is 1.73. The molecule has 1 fully saturated rings. The molecule has 0 spiro atoms. The number of epoxide rings is 1. The number of carbonyl (C=O) groups excluding carboxylic acids is 1. The van der Waals surface area contributed by atoms with E-state index in [-0.39, 0.29) is 5.97 Å². The highest BCUT2D eigenvalue weighted by Crippen LogP contribution is 2.31. The van der Waals surface area contributed by atoms with Crippen LogP contribution >= 0.6 is 0 Å². The molecule has 0 radical (unpaired) electrons. The number of hydrogen-bond acceptors (Lipinski definition) is 3. The van der Waals surface area contributed by atoms with Crippen molar-refractivity contribution in [2.75, 3.05) is 7.11 Å². The first kappa shape index (κ1) is 19.5. The minimum absolute atomic E-state index is 0.0738. The molecule has 22 heavy (non-hydrogen) atoms. The molecule has 1 saturated heterocycles. The number of carbonyl (C=O) groups is 1. The van der Waals surface area contributed by atoms with Crippen molar-refractivity contribution in [3.05, 3.63) is 0 Å². The van der Waals surface area contributed by atoms with Gasteiger partial charge in [0.05, 0.1) is 19.3 Å². The summed E-state index contributed by atoms with van der Waals surface area (Å²) in [5, 5.41) is 0. The summed E-state index contributed by atoms with van der Waals surface area (Å²) in [6.45, 7) is 2.25. The smallest absolute Gasteiger partial charge is 0.305 e. The highest BCUT2D eigenvalue weighted by molar-refractivity contribution is 5.68. The molecule has 0 aromatic rings. The predicted octanol–water partition coefficient (Wildman–Crippen LogP) is 5.41. The summed E-state index contributed by atoms with van der Waals surface area (Å²) in [5.41, 5.74) is 0. The van der Waals surface area contributed by atoms with Crippen molar-refractivity contribution in [3.8, 4) is 0 Å². The molecule has 0 aromatic heterocycles. The van der Waals surface area contributed by atoms with Crippen molar-refractivity contribution < 1.29 is 14.3 Å². The molecule has 0 aromatic carbocycles. The topological polar surface area (TPSA) is 38.8 Å². The van der Waals surface area contributed by atoms with Crippen molar-refractivity contribution in [1.82, 2.24) is 0 Å². The van der Waals surface area contributed by atoms with Crippen molar-refractivity contribution in [3.63, 3.8) is 0 Å². The van der Waals surface area contributed by atoms with Gasteiger partial charge in [0.2, 0.25) is 0 Å². The minimum Gasteiger partial charge on any atom is -0.469 e. The van der Waals surface area contributed by atoms with Crippen LogP contribution in [0, 0.1) is 0 Å². The average molecular weight is 312 g/mol. The molecule has 1 heterocycles. The first-order valence-electron chi connectivity index (χ1n) is 9.50. The van der Waals surface area contributed by atoms with Crippen LogP contribution < -0.4 is 0 Å². The summed E-state index contributed by atoms with van der Waals surface area (Å²) in [5.74, 6) is -0.0738. The molecule has 1 aliphatic rings. The minimum atomic E-state index is -0.0738. The maximum absolute atomic E-state index is 10.9. The Hall–Kier alpha value is -0.570. The Morgan fingerprint density at radius 1 is 0.818 bits per heavy atom. The molecular formula is C19H36O3. The number of esters is 1. The molecule has 130 valence electrons. The fraction of sp³-hybridized carbons (Fsp3) is 0.947. The van der Waals surface area contributed by atoms with E-state index in [0.717, 1.165) is 12.8 Å². The lowest BCUT2D eigenvalue weighted by Gasteiger charge is -2.02. The van der Waals surface area contributed by atoms with Gasteiger partial charge in [-0.3, -0.25) is 4.79 Å². The van der Waals surface area contributed by atoms with Crippen LogP contribution in [0.3, 0.4) is 0 Å². The second-order valence-electron chi connectivity index (χ2n) is 6.65. The van der Waals surface area contributed by atoms with Gasteiger partial charge in [0.1, 0.15) is 0 Å². The highest BCUT2D eigenvalue weighted by Gasteiger charge is 2.36. The van der Waals surface area contributed by atoms with Gasteiger partial charge in [0.25, 0.3) is 0 Å². The molecular weight excluding hydrogens is 276 g/mol. The third kappa shape index (κ3) is 10.2. The second-order valence-corrected chi connectivity index (χ2v) is 6.65. The number of unbranched alkanes of at least 4 members (excludes halogenated alkanes) is 9. The monoisotopic (exact) mass is 312 g/mol. The molecule has 1 aliphatic heterocycles. The summed E-state index contributed by atoms with van der Waals surface area (Å²) >= 11 is 0. The van der Waals surface area contributed by atoms with Crippen LogP contribution in [0.15, 0.2) is 0 Å². The maximum Gasteiger partial charge on any atom is 0.305 e. The Morgan fingerprint density at radius 2 is 1.32 bits per heavy atom. The van der Waals surface area contributed by atoms with Gasteiger partial charge >= 0.3 is 5.97 Å². The second kappa shape index (κ2) is 12.9. The molecule has 0 bridgehead atoms. The predicted molar refractivity (Wildman–Crippen MR) is 91.0 cm³/mol. The zero-order valence-electron chi connectivity index (χ0n) is 14.8.